The molecule has 0 saturated heterocycles. The minimum absolute atomic E-state index is 0.0557. The third-order valence-electron chi connectivity index (χ3n) is 6.84. The standard InChI is InChI=1S/C25H25BrO5/c1-6-24(20(27)14-7-9-15(10-8-14)23(2,3)4)19-17-13-16(26)11-12-18(17)31-22(29)25(19,24)21(28)30-5/h7-13,19H,6H2,1-5H3/t19-,24+,25+/m0/s1. The maximum absolute atomic E-state index is 13.9. The molecule has 1 saturated carbocycles. The minimum Gasteiger partial charge on any atom is -0.468 e. The van der Waals surface area contributed by atoms with Gasteiger partial charge in [0.2, 0.25) is 0 Å². The molecule has 0 bridgehead atoms. The van der Waals surface area contributed by atoms with Crippen LogP contribution in [0.2, 0.25) is 0 Å². The molecular weight excluding hydrogens is 460 g/mol. The summed E-state index contributed by atoms with van der Waals surface area (Å²) in [5, 5.41) is 0. The third-order valence-corrected chi connectivity index (χ3v) is 7.33. The summed E-state index contributed by atoms with van der Waals surface area (Å²) in [5.41, 5.74) is -0.756. The summed E-state index contributed by atoms with van der Waals surface area (Å²) >= 11 is 3.45. The largest absolute Gasteiger partial charge is 0.468 e. The molecule has 1 aliphatic heterocycles. The van der Waals surface area contributed by atoms with Crippen molar-refractivity contribution in [3.8, 4) is 5.75 Å². The van der Waals surface area contributed by atoms with Crippen molar-refractivity contribution in [3.63, 3.8) is 0 Å². The van der Waals surface area contributed by atoms with E-state index in [1.54, 1.807) is 24.3 Å². The number of hydrogen-bond donors (Lipinski definition) is 0. The van der Waals surface area contributed by atoms with E-state index in [1.165, 1.54) is 7.11 Å². The Morgan fingerprint density at radius 1 is 1.13 bits per heavy atom. The molecule has 162 valence electrons. The first-order valence-electron chi connectivity index (χ1n) is 10.3. The Hall–Kier alpha value is -2.47. The number of halogens is 1. The molecule has 0 N–H and O–H groups in total. The van der Waals surface area contributed by atoms with Crippen molar-refractivity contribution in [2.24, 2.45) is 10.8 Å². The smallest absolute Gasteiger partial charge is 0.330 e. The Kier molecular flexibility index (Phi) is 4.93. The number of hydrogen-bond acceptors (Lipinski definition) is 5. The molecule has 2 aromatic rings. The Bertz CT molecular complexity index is 1100. The Labute approximate surface area is 190 Å². The molecule has 0 radical (unpaired) electrons. The van der Waals surface area contributed by atoms with Crippen molar-refractivity contribution < 1.29 is 23.9 Å². The van der Waals surface area contributed by atoms with Gasteiger partial charge in [-0.2, -0.15) is 0 Å². The first-order chi connectivity index (χ1) is 14.5. The first-order valence-corrected chi connectivity index (χ1v) is 11.1. The fraction of sp³-hybridized carbons (Fsp3) is 0.400. The van der Waals surface area contributed by atoms with Crippen molar-refractivity contribution >= 4 is 33.7 Å². The highest BCUT2D eigenvalue weighted by Gasteiger charge is 2.90. The van der Waals surface area contributed by atoms with Crippen molar-refractivity contribution in [2.75, 3.05) is 7.11 Å². The second-order valence-corrected chi connectivity index (χ2v) is 10.2. The molecular formula is C25H25BrO5. The highest BCUT2D eigenvalue weighted by atomic mass is 79.9. The van der Waals surface area contributed by atoms with Crippen LogP contribution in [-0.2, 0) is 19.7 Å². The second-order valence-electron chi connectivity index (χ2n) is 9.29. The summed E-state index contributed by atoms with van der Waals surface area (Å²) in [6.45, 7) is 8.13. The van der Waals surface area contributed by atoms with Crippen LogP contribution >= 0.6 is 15.9 Å². The lowest BCUT2D eigenvalue weighted by Gasteiger charge is -2.22. The zero-order valence-corrected chi connectivity index (χ0v) is 19.8. The van der Waals surface area contributed by atoms with Crippen molar-refractivity contribution in [1.82, 2.24) is 0 Å². The maximum Gasteiger partial charge on any atom is 0.330 e. The summed E-state index contributed by atoms with van der Waals surface area (Å²) < 4.78 is 11.4. The molecule has 3 atom stereocenters. The van der Waals surface area contributed by atoms with Crippen LogP contribution < -0.4 is 4.74 Å². The van der Waals surface area contributed by atoms with Crippen LogP contribution in [0, 0.1) is 10.8 Å². The first kappa shape index (κ1) is 21.8. The van der Waals surface area contributed by atoms with Crippen molar-refractivity contribution in [2.45, 2.75) is 45.4 Å². The lowest BCUT2D eigenvalue weighted by Crippen LogP contribution is -2.40. The molecule has 2 aromatic carbocycles. The van der Waals surface area contributed by atoms with Gasteiger partial charge in [0, 0.05) is 21.5 Å². The van der Waals surface area contributed by atoms with E-state index in [0.717, 1.165) is 10.0 Å². The molecule has 0 unspecified atom stereocenters. The topological polar surface area (TPSA) is 69.7 Å². The molecule has 1 aliphatic carbocycles. The summed E-state index contributed by atoms with van der Waals surface area (Å²) in [7, 11) is 1.24. The van der Waals surface area contributed by atoms with Gasteiger partial charge in [-0.25, -0.2) is 0 Å². The number of ketones is 1. The number of carbonyl (C=O) groups excluding carboxylic acids is 3. The Balaban J connectivity index is 1.89. The fourth-order valence-corrected chi connectivity index (χ4v) is 5.61. The second kappa shape index (κ2) is 7.02. The summed E-state index contributed by atoms with van der Waals surface area (Å²) in [5.74, 6) is -1.95. The fourth-order valence-electron chi connectivity index (χ4n) is 5.23. The van der Waals surface area contributed by atoms with E-state index in [1.807, 2.05) is 25.1 Å². The van der Waals surface area contributed by atoms with Crippen LogP contribution in [0.1, 0.15) is 61.5 Å². The number of fused-ring (bicyclic) bond motifs is 3. The summed E-state index contributed by atoms with van der Waals surface area (Å²) in [6.07, 6.45) is 0.299. The van der Waals surface area contributed by atoms with Crippen LogP contribution in [0.5, 0.6) is 5.75 Å². The van der Waals surface area contributed by atoms with Gasteiger partial charge in [0.1, 0.15) is 5.75 Å². The predicted octanol–water partition coefficient (Wildman–Crippen LogP) is 5.20. The Morgan fingerprint density at radius 3 is 2.32 bits per heavy atom. The van der Waals surface area contributed by atoms with Gasteiger partial charge in [-0.15, -0.1) is 0 Å². The average Bonchev–Trinajstić information content (AvgIpc) is 3.39. The third kappa shape index (κ3) is 2.77. The van der Waals surface area contributed by atoms with E-state index < -0.39 is 28.7 Å². The van der Waals surface area contributed by atoms with E-state index >= 15 is 0 Å². The molecule has 0 amide bonds. The monoisotopic (exact) mass is 484 g/mol. The van der Waals surface area contributed by atoms with Crippen LogP contribution in [-0.4, -0.2) is 24.8 Å². The molecule has 31 heavy (non-hydrogen) atoms. The van der Waals surface area contributed by atoms with Crippen LogP contribution in [0.3, 0.4) is 0 Å². The molecule has 6 heteroatoms. The molecule has 2 aliphatic rings. The number of methoxy groups -OCH3 is 1. The van der Waals surface area contributed by atoms with Crippen LogP contribution in [0.15, 0.2) is 46.9 Å². The lowest BCUT2D eigenvalue weighted by atomic mass is 9.81. The van der Waals surface area contributed by atoms with E-state index in [4.69, 9.17) is 9.47 Å². The van der Waals surface area contributed by atoms with Gasteiger partial charge >= 0.3 is 11.9 Å². The van der Waals surface area contributed by atoms with E-state index in [2.05, 4.69) is 36.7 Å². The van der Waals surface area contributed by atoms with E-state index in [-0.39, 0.29) is 11.2 Å². The summed E-state index contributed by atoms with van der Waals surface area (Å²) in [4.78, 5) is 40.2. The van der Waals surface area contributed by atoms with Gasteiger partial charge in [-0.05, 0) is 35.6 Å². The van der Waals surface area contributed by atoms with Crippen molar-refractivity contribution in [3.05, 3.63) is 63.6 Å². The molecule has 5 nitrogen and oxygen atoms in total. The number of rotatable bonds is 4. The number of Topliss-reactive ketones (excluding diaryl/α,β-unsaturated/α-hetero) is 1. The molecule has 0 spiro atoms. The molecule has 4 rings (SSSR count). The number of benzene rings is 2. The SMILES string of the molecule is CC[C@]1(C(=O)c2ccc(C(C)(C)C)cc2)[C@@H]2c3cc(Br)ccc3OC(=O)[C@]21C(=O)OC. The van der Waals surface area contributed by atoms with Gasteiger partial charge in [0.25, 0.3) is 0 Å². The van der Waals surface area contributed by atoms with Gasteiger partial charge in [0.15, 0.2) is 11.2 Å². The zero-order valence-electron chi connectivity index (χ0n) is 18.2. The highest BCUT2D eigenvalue weighted by molar-refractivity contribution is 9.10. The minimum atomic E-state index is -1.68. The lowest BCUT2D eigenvalue weighted by molar-refractivity contribution is -0.160. The quantitative estimate of drug-likeness (QED) is 0.258. The van der Waals surface area contributed by atoms with Gasteiger partial charge in [0.05, 0.1) is 12.5 Å². The normalized spacial score (nSPS) is 26.4. The Morgan fingerprint density at radius 2 is 1.77 bits per heavy atom. The summed E-state index contributed by atoms with van der Waals surface area (Å²) in [6, 6.07) is 12.7. The predicted molar refractivity (Wildman–Crippen MR) is 119 cm³/mol. The van der Waals surface area contributed by atoms with E-state index in [9.17, 15) is 14.4 Å². The van der Waals surface area contributed by atoms with E-state index in [0.29, 0.717) is 23.3 Å². The van der Waals surface area contributed by atoms with Gasteiger partial charge in [-0.1, -0.05) is 67.9 Å². The highest BCUT2D eigenvalue weighted by Crippen LogP contribution is 2.80. The van der Waals surface area contributed by atoms with Crippen LogP contribution in [0.4, 0.5) is 0 Å². The molecule has 0 aromatic heterocycles. The van der Waals surface area contributed by atoms with Gasteiger partial charge in [-0.3, -0.25) is 14.4 Å². The van der Waals surface area contributed by atoms with Gasteiger partial charge < -0.3 is 9.47 Å². The number of carbonyl (C=O) groups is 3. The zero-order chi connectivity index (χ0) is 22.8. The molecule has 1 fully saturated rings. The molecule has 1 heterocycles. The number of ether oxygens (including phenoxy) is 2. The number of esters is 2. The average molecular weight is 485 g/mol. The van der Waals surface area contributed by atoms with Crippen molar-refractivity contribution in [1.29, 1.82) is 0 Å². The van der Waals surface area contributed by atoms with Crippen LogP contribution in [0.25, 0.3) is 0 Å². The maximum atomic E-state index is 13.9.